The third-order valence-corrected chi connectivity index (χ3v) is 4.85. The molecule has 3 nitrogen and oxygen atoms in total. The zero-order valence-electron chi connectivity index (χ0n) is 12.6. The van der Waals surface area contributed by atoms with Gasteiger partial charge in [0.05, 0.1) is 5.69 Å². The molecule has 0 aromatic heterocycles. The summed E-state index contributed by atoms with van der Waals surface area (Å²) in [5.41, 5.74) is 2.09. The minimum absolute atomic E-state index is 0.763. The van der Waals surface area contributed by atoms with Gasteiger partial charge in [-0.2, -0.15) is 0 Å². The molecule has 1 N–H and O–H groups in total. The second-order valence-corrected chi connectivity index (χ2v) is 6.81. The van der Waals surface area contributed by atoms with Crippen molar-refractivity contribution in [1.29, 1.82) is 0 Å². The molecule has 1 aliphatic rings. The maximum Gasteiger partial charge on any atom is 0.328 e. The minimum Gasteiger partial charge on any atom is -0.478 e. The average Bonchev–Trinajstić information content (AvgIpc) is 2.45. The molecule has 1 saturated heterocycles. The monoisotopic (exact) mass is 351 g/mol. The van der Waals surface area contributed by atoms with Gasteiger partial charge in [0.2, 0.25) is 0 Å². The molecule has 1 aliphatic heterocycles. The number of halogens is 1. The van der Waals surface area contributed by atoms with Gasteiger partial charge < -0.3 is 10.0 Å². The summed E-state index contributed by atoms with van der Waals surface area (Å²) in [7, 11) is 0. The van der Waals surface area contributed by atoms with E-state index in [9.17, 15) is 4.79 Å². The molecule has 0 spiro atoms. The molecule has 0 saturated carbocycles. The number of carboxylic acid groups (broad SMARTS) is 1. The normalized spacial score (nSPS) is 16.9. The Morgan fingerprint density at radius 1 is 1.38 bits per heavy atom. The number of nitrogens with zero attached hydrogens (tertiary/aromatic N) is 1. The van der Waals surface area contributed by atoms with Crippen LogP contribution in [-0.4, -0.2) is 24.2 Å². The molecule has 1 fully saturated rings. The van der Waals surface area contributed by atoms with Crippen LogP contribution in [0.3, 0.4) is 0 Å². The predicted octanol–water partition coefficient (Wildman–Crippen LogP) is 4.42. The summed E-state index contributed by atoms with van der Waals surface area (Å²) in [5, 5.41) is 8.67. The van der Waals surface area contributed by atoms with E-state index in [0.29, 0.717) is 0 Å². The van der Waals surface area contributed by atoms with Gasteiger partial charge in [0.1, 0.15) is 0 Å². The van der Waals surface area contributed by atoms with Crippen LogP contribution >= 0.6 is 15.9 Å². The fraction of sp³-hybridized carbons (Fsp3) is 0.471. The van der Waals surface area contributed by atoms with E-state index in [4.69, 9.17) is 5.11 Å². The van der Waals surface area contributed by atoms with Crippen molar-refractivity contribution in [2.75, 3.05) is 18.0 Å². The fourth-order valence-electron chi connectivity index (χ4n) is 2.86. The van der Waals surface area contributed by atoms with E-state index in [1.54, 1.807) is 6.08 Å². The lowest BCUT2D eigenvalue weighted by Crippen LogP contribution is -2.35. The number of aliphatic carboxylic acids is 1. The first-order chi connectivity index (χ1) is 9.97. The second kappa shape index (κ2) is 7.12. The molecule has 1 aromatic rings. The van der Waals surface area contributed by atoms with E-state index >= 15 is 0 Å². The Balaban J connectivity index is 2.06. The topological polar surface area (TPSA) is 40.5 Å². The van der Waals surface area contributed by atoms with Gasteiger partial charge in [0.25, 0.3) is 0 Å². The van der Waals surface area contributed by atoms with E-state index in [1.807, 2.05) is 12.1 Å². The minimum atomic E-state index is -0.925. The molecule has 114 valence electrons. The number of piperidine rings is 1. The van der Waals surface area contributed by atoms with Crippen LogP contribution < -0.4 is 4.90 Å². The zero-order valence-corrected chi connectivity index (χ0v) is 14.1. The van der Waals surface area contributed by atoms with Gasteiger partial charge in [-0.3, -0.25) is 0 Å². The first-order valence-electron chi connectivity index (χ1n) is 7.43. The van der Waals surface area contributed by atoms with Crippen molar-refractivity contribution >= 4 is 33.7 Å². The van der Waals surface area contributed by atoms with Gasteiger partial charge in [-0.05, 0) is 64.4 Å². The van der Waals surface area contributed by atoms with Crippen LogP contribution in [0, 0.1) is 11.8 Å². The van der Waals surface area contributed by atoms with E-state index < -0.39 is 5.97 Å². The molecule has 21 heavy (non-hydrogen) atoms. The number of rotatable bonds is 4. The van der Waals surface area contributed by atoms with Crippen LogP contribution in [0.4, 0.5) is 5.69 Å². The molecule has 2 rings (SSSR count). The number of benzene rings is 1. The van der Waals surface area contributed by atoms with Gasteiger partial charge in [-0.15, -0.1) is 0 Å². The lowest BCUT2D eigenvalue weighted by atomic mass is 9.86. The highest BCUT2D eigenvalue weighted by molar-refractivity contribution is 9.10. The molecule has 0 bridgehead atoms. The maximum atomic E-state index is 10.6. The zero-order chi connectivity index (χ0) is 15.4. The molecule has 0 aliphatic carbocycles. The third-order valence-electron chi connectivity index (χ3n) is 4.21. The maximum absolute atomic E-state index is 10.6. The van der Waals surface area contributed by atoms with Crippen LogP contribution in [0.15, 0.2) is 28.7 Å². The van der Waals surface area contributed by atoms with E-state index in [1.165, 1.54) is 18.5 Å². The first-order valence-corrected chi connectivity index (χ1v) is 8.22. The van der Waals surface area contributed by atoms with E-state index in [2.05, 4.69) is 40.7 Å². The average molecular weight is 352 g/mol. The fourth-order valence-corrected chi connectivity index (χ4v) is 3.51. The van der Waals surface area contributed by atoms with Crippen LogP contribution in [0.5, 0.6) is 0 Å². The van der Waals surface area contributed by atoms with E-state index in [0.717, 1.165) is 41.0 Å². The number of hydrogen-bond acceptors (Lipinski definition) is 2. The highest BCUT2D eigenvalue weighted by Gasteiger charge is 2.22. The van der Waals surface area contributed by atoms with Crippen molar-refractivity contribution in [3.8, 4) is 0 Å². The number of hydrogen-bond donors (Lipinski definition) is 1. The standard InChI is InChI=1S/C17H22BrNO2/c1-12(2)14-7-9-19(10-8-14)16-5-3-13(11-15(16)18)4-6-17(20)21/h3-6,11-12,14H,7-10H2,1-2H3,(H,20,21)/b6-4+. The Labute approximate surface area is 134 Å². The Kier molecular flexibility index (Phi) is 5.45. The summed E-state index contributed by atoms with van der Waals surface area (Å²) in [6.07, 6.45) is 5.26. The summed E-state index contributed by atoms with van der Waals surface area (Å²) < 4.78 is 1.03. The predicted molar refractivity (Wildman–Crippen MR) is 90.6 cm³/mol. The van der Waals surface area contributed by atoms with E-state index in [-0.39, 0.29) is 0 Å². The van der Waals surface area contributed by atoms with Crippen molar-refractivity contribution in [2.45, 2.75) is 26.7 Å². The van der Waals surface area contributed by atoms with Crippen molar-refractivity contribution in [1.82, 2.24) is 0 Å². The van der Waals surface area contributed by atoms with Gasteiger partial charge in [0, 0.05) is 23.6 Å². The van der Waals surface area contributed by atoms with Gasteiger partial charge >= 0.3 is 5.97 Å². The molecule has 0 atom stereocenters. The number of carboxylic acids is 1. The molecule has 0 amide bonds. The van der Waals surface area contributed by atoms with Crippen LogP contribution in [0.25, 0.3) is 6.08 Å². The van der Waals surface area contributed by atoms with Crippen molar-refractivity contribution < 1.29 is 9.90 Å². The molecule has 0 radical (unpaired) electrons. The van der Waals surface area contributed by atoms with Crippen molar-refractivity contribution in [3.05, 3.63) is 34.3 Å². The molecule has 1 aromatic carbocycles. The van der Waals surface area contributed by atoms with Gasteiger partial charge in [-0.25, -0.2) is 4.79 Å². The summed E-state index contributed by atoms with van der Waals surface area (Å²) in [6.45, 7) is 6.79. The third kappa shape index (κ3) is 4.34. The van der Waals surface area contributed by atoms with Crippen LogP contribution in [0.1, 0.15) is 32.3 Å². The Morgan fingerprint density at radius 3 is 2.57 bits per heavy atom. The van der Waals surface area contributed by atoms with Crippen LogP contribution in [-0.2, 0) is 4.79 Å². The second-order valence-electron chi connectivity index (χ2n) is 5.95. The largest absolute Gasteiger partial charge is 0.478 e. The molecule has 0 unspecified atom stereocenters. The summed E-state index contributed by atoms with van der Waals surface area (Å²) in [6, 6.07) is 6.01. The van der Waals surface area contributed by atoms with Gasteiger partial charge in [-0.1, -0.05) is 19.9 Å². The van der Waals surface area contributed by atoms with Gasteiger partial charge in [0.15, 0.2) is 0 Å². The Bertz CT molecular complexity index is 532. The summed E-state index contributed by atoms with van der Waals surface area (Å²) >= 11 is 3.61. The lowest BCUT2D eigenvalue weighted by molar-refractivity contribution is -0.131. The molecular weight excluding hydrogens is 330 g/mol. The molecule has 4 heteroatoms. The highest BCUT2D eigenvalue weighted by Crippen LogP contribution is 2.32. The summed E-state index contributed by atoms with van der Waals surface area (Å²) in [4.78, 5) is 13.0. The smallest absolute Gasteiger partial charge is 0.328 e. The van der Waals surface area contributed by atoms with Crippen molar-refractivity contribution in [2.24, 2.45) is 11.8 Å². The Hall–Kier alpha value is -1.29. The summed E-state index contributed by atoms with van der Waals surface area (Å²) in [5.74, 6) is 0.669. The number of carbonyl (C=O) groups is 1. The first kappa shape index (κ1) is 16.1. The molecular formula is C17H22BrNO2. The highest BCUT2D eigenvalue weighted by atomic mass is 79.9. The quantitative estimate of drug-likeness (QED) is 0.816. The Morgan fingerprint density at radius 2 is 2.05 bits per heavy atom. The SMILES string of the molecule is CC(C)C1CCN(c2ccc(/C=C/C(=O)O)cc2Br)CC1. The van der Waals surface area contributed by atoms with Crippen LogP contribution in [0.2, 0.25) is 0 Å². The lowest BCUT2D eigenvalue weighted by Gasteiger charge is -2.35. The molecule has 1 heterocycles. The number of anilines is 1. The van der Waals surface area contributed by atoms with Crippen molar-refractivity contribution in [3.63, 3.8) is 0 Å².